The second kappa shape index (κ2) is 6.76. The summed E-state index contributed by atoms with van der Waals surface area (Å²) < 4.78 is 27.7. The van der Waals surface area contributed by atoms with Crippen molar-refractivity contribution in [3.63, 3.8) is 0 Å². The molecule has 1 amide bonds. The molecule has 1 fully saturated rings. The Morgan fingerprint density at radius 1 is 1.24 bits per heavy atom. The minimum absolute atomic E-state index is 0.167. The van der Waals surface area contributed by atoms with Gasteiger partial charge >= 0.3 is 0 Å². The van der Waals surface area contributed by atoms with Gasteiger partial charge in [0.15, 0.2) is 0 Å². The van der Waals surface area contributed by atoms with Gasteiger partial charge in [0.2, 0.25) is 15.9 Å². The van der Waals surface area contributed by atoms with Crippen molar-refractivity contribution in [2.45, 2.75) is 30.6 Å². The molecule has 1 aliphatic rings. The van der Waals surface area contributed by atoms with Gasteiger partial charge in [0.05, 0.1) is 15.9 Å². The quantitative estimate of drug-likeness (QED) is 0.803. The number of aromatic nitrogens is 2. The third-order valence-electron chi connectivity index (χ3n) is 4.74. The molecule has 3 rings (SSSR count). The molecule has 0 N–H and O–H groups in total. The van der Waals surface area contributed by atoms with Crippen LogP contribution in [-0.2, 0) is 28.3 Å². The maximum Gasteiger partial charge on any atom is 0.242 e. The Morgan fingerprint density at radius 3 is 2.56 bits per heavy atom. The Hall–Kier alpha value is -1.93. The monoisotopic (exact) mass is 364 g/mol. The van der Waals surface area contributed by atoms with E-state index in [1.807, 2.05) is 16.5 Å². The van der Waals surface area contributed by atoms with Crippen LogP contribution in [0.1, 0.15) is 25.1 Å². The molecule has 0 atom stereocenters. The molecule has 0 radical (unpaired) electrons. The van der Waals surface area contributed by atoms with Gasteiger partial charge in [0, 0.05) is 47.1 Å². The summed E-state index contributed by atoms with van der Waals surface area (Å²) in [7, 11) is 1.42. The molecule has 8 heteroatoms. The lowest BCUT2D eigenvalue weighted by Crippen LogP contribution is -2.27. The van der Waals surface area contributed by atoms with E-state index in [1.54, 1.807) is 18.2 Å². The van der Waals surface area contributed by atoms with Gasteiger partial charge < -0.3 is 9.47 Å². The summed E-state index contributed by atoms with van der Waals surface area (Å²) in [6, 6.07) is 4.96. The molecule has 1 aromatic carbocycles. The van der Waals surface area contributed by atoms with Crippen molar-refractivity contribution in [2.24, 2.45) is 7.05 Å². The zero-order valence-corrected chi connectivity index (χ0v) is 15.7. The number of benzene rings is 1. The normalized spacial score (nSPS) is 15.4. The molecule has 136 valence electrons. The first-order chi connectivity index (χ1) is 11.8. The number of fused-ring (bicyclic) bond motifs is 1. The van der Waals surface area contributed by atoms with E-state index in [2.05, 4.69) is 4.98 Å². The average Bonchev–Trinajstić information content (AvgIpc) is 3.21. The summed E-state index contributed by atoms with van der Waals surface area (Å²) in [6.45, 7) is 1.71. The van der Waals surface area contributed by atoms with Crippen molar-refractivity contribution >= 4 is 27.0 Å². The Labute approximate surface area is 148 Å². The Kier molecular flexibility index (Phi) is 4.83. The summed E-state index contributed by atoms with van der Waals surface area (Å²) in [5.74, 6) is 0.961. The standard InChI is InChI=1S/C17H24N4O3S/c1-19(2)25(23,24)13-6-7-15-14(12-13)18-16(20(15)3)8-9-17(22)21-10-4-5-11-21/h6-7,12H,4-5,8-11H2,1-3H3. The van der Waals surface area contributed by atoms with Crippen LogP contribution in [0.25, 0.3) is 11.0 Å². The Bertz CT molecular complexity index is 896. The van der Waals surface area contributed by atoms with Gasteiger partial charge in [-0.05, 0) is 31.0 Å². The Balaban J connectivity index is 1.83. The van der Waals surface area contributed by atoms with Crippen molar-refractivity contribution in [2.75, 3.05) is 27.2 Å². The van der Waals surface area contributed by atoms with Gasteiger partial charge in [-0.2, -0.15) is 0 Å². The topological polar surface area (TPSA) is 75.5 Å². The molecular formula is C17H24N4O3S. The van der Waals surface area contributed by atoms with Crippen LogP contribution in [0.15, 0.2) is 23.1 Å². The minimum atomic E-state index is -3.49. The molecule has 7 nitrogen and oxygen atoms in total. The van der Waals surface area contributed by atoms with Crippen LogP contribution in [0.2, 0.25) is 0 Å². The molecule has 25 heavy (non-hydrogen) atoms. The zero-order valence-electron chi connectivity index (χ0n) is 14.9. The molecule has 2 aromatic rings. The zero-order chi connectivity index (χ0) is 18.2. The molecule has 0 saturated carbocycles. The van der Waals surface area contributed by atoms with E-state index in [-0.39, 0.29) is 10.8 Å². The van der Waals surface area contributed by atoms with E-state index in [0.29, 0.717) is 18.4 Å². The Morgan fingerprint density at radius 2 is 1.92 bits per heavy atom. The molecule has 0 spiro atoms. The number of carbonyl (C=O) groups is 1. The minimum Gasteiger partial charge on any atom is -0.343 e. The lowest BCUT2D eigenvalue weighted by atomic mass is 10.2. The highest BCUT2D eigenvalue weighted by Crippen LogP contribution is 2.22. The van der Waals surface area contributed by atoms with Crippen molar-refractivity contribution in [3.05, 3.63) is 24.0 Å². The first-order valence-corrected chi connectivity index (χ1v) is 9.90. The van der Waals surface area contributed by atoms with E-state index in [9.17, 15) is 13.2 Å². The summed E-state index contributed by atoms with van der Waals surface area (Å²) in [6.07, 6.45) is 3.15. The average molecular weight is 364 g/mol. The second-order valence-corrected chi connectivity index (χ2v) is 8.76. The lowest BCUT2D eigenvalue weighted by molar-refractivity contribution is -0.130. The summed E-state index contributed by atoms with van der Waals surface area (Å²) in [5, 5.41) is 0. The van der Waals surface area contributed by atoms with Gasteiger partial charge in [0.1, 0.15) is 5.82 Å². The molecule has 0 aliphatic carbocycles. The van der Waals surface area contributed by atoms with Crippen LogP contribution in [0.4, 0.5) is 0 Å². The fraction of sp³-hybridized carbons (Fsp3) is 0.529. The van der Waals surface area contributed by atoms with E-state index in [1.165, 1.54) is 18.4 Å². The van der Waals surface area contributed by atoms with Crippen LogP contribution < -0.4 is 0 Å². The van der Waals surface area contributed by atoms with Gasteiger partial charge in [-0.15, -0.1) is 0 Å². The second-order valence-electron chi connectivity index (χ2n) is 6.61. The number of likely N-dealkylation sites (tertiary alicyclic amines) is 1. The fourth-order valence-corrected chi connectivity index (χ4v) is 4.09. The number of sulfonamides is 1. The van der Waals surface area contributed by atoms with Gasteiger partial charge in [-0.25, -0.2) is 17.7 Å². The van der Waals surface area contributed by atoms with Crippen LogP contribution in [0, 0.1) is 0 Å². The predicted molar refractivity (Wildman–Crippen MR) is 95.7 cm³/mol. The molecule has 0 unspecified atom stereocenters. The van der Waals surface area contributed by atoms with E-state index >= 15 is 0 Å². The number of rotatable bonds is 5. The molecule has 1 aromatic heterocycles. The maximum atomic E-state index is 12.3. The van der Waals surface area contributed by atoms with Crippen LogP contribution in [-0.4, -0.2) is 60.3 Å². The number of amides is 1. The fourth-order valence-electron chi connectivity index (χ4n) is 3.17. The molecule has 2 heterocycles. The van der Waals surface area contributed by atoms with Crippen molar-refractivity contribution in [1.29, 1.82) is 0 Å². The van der Waals surface area contributed by atoms with Crippen LogP contribution in [0.3, 0.4) is 0 Å². The maximum absolute atomic E-state index is 12.3. The highest BCUT2D eigenvalue weighted by atomic mass is 32.2. The summed E-state index contributed by atoms with van der Waals surface area (Å²) in [4.78, 5) is 18.9. The number of nitrogens with zero attached hydrogens (tertiary/aromatic N) is 4. The van der Waals surface area contributed by atoms with Crippen LogP contribution >= 0.6 is 0 Å². The van der Waals surface area contributed by atoms with Crippen molar-refractivity contribution < 1.29 is 13.2 Å². The van der Waals surface area contributed by atoms with Crippen LogP contribution in [0.5, 0.6) is 0 Å². The lowest BCUT2D eigenvalue weighted by Gasteiger charge is -2.14. The number of hydrogen-bond donors (Lipinski definition) is 0. The van der Waals surface area contributed by atoms with E-state index in [0.717, 1.165) is 37.3 Å². The van der Waals surface area contributed by atoms with Gasteiger partial charge in [-0.1, -0.05) is 0 Å². The largest absolute Gasteiger partial charge is 0.343 e. The smallest absolute Gasteiger partial charge is 0.242 e. The summed E-state index contributed by atoms with van der Waals surface area (Å²) in [5.41, 5.74) is 1.50. The van der Waals surface area contributed by atoms with Gasteiger partial charge in [0.25, 0.3) is 0 Å². The SMILES string of the molecule is CN(C)S(=O)(=O)c1ccc2c(c1)nc(CCC(=O)N1CCCC1)n2C. The predicted octanol–water partition coefficient (Wildman–Crippen LogP) is 1.38. The highest BCUT2D eigenvalue weighted by Gasteiger charge is 2.21. The number of imidazole rings is 1. The number of aryl methyl sites for hydroxylation is 2. The molecular weight excluding hydrogens is 340 g/mol. The third-order valence-corrected chi connectivity index (χ3v) is 6.56. The van der Waals surface area contributed by atoms with Crippen molar-refractivity contribution in [3.8, 4) is 0 Å². The van der Waals surface area contributed by atoms with Crippen molar-refractivity contribution in [1.82, 2.24) is 18.8 Å². The molecule has 1 saturated heterocycles. The third kappa shape index (κ3) is 3.41. The summed E-state index contributed by atoms with van der Waals surface area (Å²) >= 11 is 0. The molecule has 0 bridgehead atoms. The molecule has 1 aliphatic heterocycles. The first-order valence-electron chi connectivity index (χ1n) is 8.46. The number of hydrogen-bond acceptors (Lipinski definition) is 4. The van der Waals surface area contributed by atoms with E-state index < -0.39 is 10.0 Å². The highest BCUT2D eigenvalue weighted by molar-refractivity contribution is 7.89. The number of carbonyl (C=O) groups excluding carboxylic acids is 1. The van der Waals surface area contributed by atoms with Gasteiger partial charge in [-0.3, -0.25) is 4.79 Å². The van der Waals surface area contributed by atoms with E-state index in [4.69, 9.17) is 0 Å². The first kappa shape index (κ1) is 17.9.